The molecule has 1 saturated heterocycles. The van der Waals surface area contributed by atoms with Gasteiger partial charge in [0.15, 0.2) is 0 Å². The van der Waals surface area contributed by atoms with Crippen molar-refractivity contribution in [2.75, 3.05) is 49.6 Å². The zero-order chi connectivity index (χ0) is 32.0. The van der Waals surface area contributed by atoms with E-state index in [1.54, 1.807) is 4.90 Å². The molecule has 4 aromatic rings. The number of hydrogen-bond donors (Lipinski definition) is 3. The van der Waals surface area contributed by atoms with Gasteiger partial charge in [-0.1, -0.05) is 24.3 Å². The Morgan fingerprint density at radius 2 is 1.68 bits per heavy atom. The van der Waals surface area contributed by atoms with Crippen LogP contribution < -0.4 is 21.3 Å². The van der Waals surface area contributed by atoms with Crippen molar-refractivity contribution in [3.8, 4) is 22.5 Å². The Labute approximate surface area is 281 Å². The average molecular weight is 659 g/mol. The lowest BCUT2D eigenvalue weighted by Crippen LogP contribution is -2.52. The fourth-order valence-corrected chi connectivity index (χ4v) is 6.58. The van der Waals surface area contributed by atoms with Gasteiger partial charge < -0.3 is 21.3 Å². The second-order valence-electron chi connectivity index (χ2n) is 12.5. The molecule has 1 saturated carbocycles. The highest BCUT2D eigenvalue weighted by molar-refractivity contribution is 6.01. The number of rotatable bonds is 10. The Morgan fingerprint density at radius 1 is 0.957 bits per heavy atom. The minimum absolute atomic E-state index is 0. The molecule has 1 aliphatic heterocycles. The first-order chi connectivity index (χ1) is 22.4. The SMILES string of the molecule is CN1CCN(c2cc(-c3cccc(C[C@@H](C(N)=O)N(C(=O)C4CCC(CN)CC4)c4ccc(-c5nn[nH]n5)cc4)c3)ccn2)CC1.Cl. The summed E-state index contributed by atoms with van der Waals surface area (Å²) in [5, 5.41) is 14.2. The number of likely N-dealkylation sites (N-methyl/N-ethyl adjacent to an activating group) is 1. The van der Waals surface area contributed by atoms with E-state index in [1.807, 2.05) is 48.7 Å². The van der Waals surface area contributed by atoms with Crippen molar-refractivity contribution < 1.29 is 9.59 Å². The number of carbonyl (C=O) groups is 2. The predicted molar refractivity (Wildman–Crippen MR) is 185 cm³/mol. The van der Waals surface area contributed by atoms with Crippen molar-refractivity contribution in [2.45, 2.75) is 38.1 Å². The molecule has 248 valence electrons. The van der Waals surface area contributed by atoms with Gasteiger partial charge in [0.1, 0.15) is 11.9 Å². The van der Waals surface area contributed by atoms with Crippen molar-refractivity contribution >= 4 is 35.7 Å². The fraction of sp³-hybridized carbons (Fsp3) is 0.412. The van der Waals surface area contributed by atoms with Crippen molar-refractivity contribution in [1.29, 1.82) is 0 Å². The third-order valence-corrected chi connectivity index (χ3v) is 9.42. The topological polar surface area (TPSA) is 163 Å². The molecule has 47 heavy (non-hydrogen) atoms. The molecule has 1 atom stereocenters. The number of carbonyl (C=O) groups excluding carboxylic acids is 2. The molecule has 12 nitrogen and oxygen atoms in total. The van der Waals surface area contributed by atoms with Crippen molar-refractivity contribution in [2.24, 2.45) is 23.3 Å². The standard InChI is InChI=1S/C34H42N10O2.ClH/c1-42-15-17-43(18-16-42)31-21-28(13-14-37-31)27-4-2-3-24(19-27)20-30(32(36)45)44(34(46)26-7-5-23(22-35)6-8-26)29-11-9-25(10-12-29)33-38-40-41-39-33;/h2-4,9-14,19,21,23,26,30H,5-8,15-18,20,22,35H2,1H3,(H2,36,45)(H,38,39,40,41);1H/t23?,26?,30-;/m0./s1. The van der Waals surface area contributed by atoms with Crippen LogP contribution in [0.2, 0.25) is 0 Å². The van der Waals surface area contributed by atoms with Crippen LogP contribution in [0.15, 0.2) is 66.9 Å². The summed E-state index contributed by atoms with van der Waals surface area (Å²) in [6.07, 6.45) is 5.37. The first-order valence-electron chi connectivity index (χ1n) is 16.0. The number of aromatic amines is 1. The average Bonchev–Trinajstić information content (AvgIpc) is 3.64. The number of nitrogens with zero attached hydrogens (tertiary/aromatic N) is 7. The first kappa shape index (κ1) is 34.0. The normalized spacial score (nSPS) is 19.1. The molecule has 0 radical (unpaired) electrons. The Hall–Kier alpha value is -4.39. The largest absolute Gasteiger partial charge is 0.368 e. The lowest BCUT2D eigenvalue weighted by molar-refractivity contribution is -0.127. The van der Waals surface area contributed by atoms with E-state index in [1.165, 1.54) is 0 Å². The van der Waals surface area contributed by atoms with E-state index in [0.717, 1.165) is 79.9 Å². The van der Waals surface area contributed by atoms with E-state index in [4.69, 9.17) is 11.5 Å². The molecular weight excluding hydrogens is 616 g/mol. The maximum absolute atomic E-state index is 14.3. The smallest absolute Gasteiger partial charge is 0.240 e. The molecule has 2 amide bonds. The van der Waals surface area contributed by atoms with Crippen LogP contribution in [-0.4, -0.2) is 88.1 Å². The van der Waals surface area contributed by atoms with E-state index < -0.39 is 11.9 Å². The zero-order valence-electron chi connectivity index (χ0n) is 26.7. The Balaban J connectivity index is 0.00000433. The third kappa shape index (κ3) is 7.95. The molecule has 0 bridgehead atoms. The minimum atomic E-state index is -0.885. The van der Waals surface area contributed by atoms with Gasteiger partial charge >= 0.3 is 0 Å². The van der Waals surface area contributed by atoms with Crippen LogP contribution in [0.1, 0.15) is 31.2 Å². The first-order valence-corrected chi connectivity index (χ1v) is 16.0. The van der Waals surface area contributed by atoms with Gasteiger partial charge in [0.2, 0.25) is 17.6 Å². The summed E-state index contributed by atoms with van der Waals surface area (Å²) >= 11 is 0. The number of H-pyrrole nitrogens is 1. The molecule has 1 aliphatic carbocycles. The van der Waals surface area contributed by atoms with Crippen molar-refractivity contribution in [3.63, 3.8) is 0 Å². The Morgan fingerprint density at radius 3 is 2.34 bits per heavy atom. The molecule has 2 aliphatic rings. The monoisotopic (exact) mass is 658 g/mol. The number of anilines is 2. The van der Waals surface area contributed by atoms with Gasteiger partial charge in [-0.05, 0) is 103 Å². The van der Waals surface area contributed by atoms with Crippen LogP contribution in [0, 0.1) is 11.8 Å². The number of nitrogens with one attached hydrogen (secondary N) is 1. The molecule has 0 unspecified atom stereocenters. The fourth-order valence-electron chi connectivity index (χ4n) is 6.58. The highest BCUT2D eigenvalue weighted by atomic mass is 35.5. The number of halogens is 1. The molecule has 2 fully saturated rings. The van der Waals surface area contributed by atoms with Crippen molar-refractivity contribution in [3.05, 3.63) is 72.4 Å². The van der Waals surface area contributed by atoms with E-state index in [9.17, 15) is 9.59 Å². The van der Waals surface area contributed by atoms with Gasteiger partial charge in [0.25, 0.3) is 0 Å². The maximum Gasteiger partial charge on any atom is 0.240 e. The van der Waals surface area contributed by atoms with Crippen molar-refractivity contribution in [1.82, 2.24) is 30.5 Å². The number of pyridine rings is 1. The van der Waals surface area contributed by atoms with Gasteiger partial charge in [-0.15, -0.1) is 22.6 Å². The molecule has 2 aromatic heterocycles. The quantitative estimate of drug-likeness (QED) is 0.232. The molecule has 2 aromatic carbocycles. The summed E-state index contributed by atoms with van der Waals surface area (Å²) in [7, 11) is 2.14. The molecule has 5 N–H and O–H groups in total. The van der Waals surface area contributed by atoms with E-state index in [-0.39, 0.29) is 30.7 Å². The second kappa shape index (κ2) is 15.5. The number of benzene rings is 2. The molecule has 3 heterocycles. The summed E-state index contributed by atoms with van der Waals surface area (Å²) in [5.74, 6) is 0.965. The number of primary amides is 1. The van der Waals surface area contributed by atoms with E-state index in [0.29, 0.717) is 24.0 Å². The van der Waals surface area contributed by atoms with E-state index >= 15 is 0 Å². The molecular formula is C34H43ClN10O2. The predicted octanol–water partition coefficient (Wildman–Crippen LogP) is 3.30. The summed E-state index contributed by atoms with van der Waals surface area (Å²) in [4.78, 5) is 38.4. The van der Waals surface area contributed by atoms with Gasteiger partial charge in [0, 0.05) is 56.0 Å². The zero-order valence-corrected chi connectivity index (χ0v) is 27.5. The highest BCUT2D eigenvalue weighted by Crippen LogP contribution is 2.33. The number of aromatic nitrogens is 5. The van der Waals surface area contributed by atoms with Crippen LogP contribution in [0.5, 0.6) is 0 Å². The minimum Gasteiger partial charge on any atom is -0.368 e. The van der Waals surface area contributed by atoms with Crippen LogP contribution >= 0.6 is 12.4 Å². The highest BCUT2D eigenvalue weighted by Gasteiger charge is 2.36. The van der Waals surface area contributed by atoms with Crippen LogP contribution in [0.4, 0.5) is 11.5 Å². The molecule has 13 heteroatoms. The lowest BCUT2D eigenvalue weighted by atomic mass is 9.81. The number of hydrogen-bond acceptors (Lipinski definition) is 9. The summed E-state index contributed by atoms with van der Waals surface area (Å²) in [6.45, 7) is 4.48. The van der Waals surface area contributed by atoms with E-state index in [2.05, 4.69) is 60.7 Å². The van der Waals surface area contributed by atoms with Gasteiger partial charge in [0.05, 0.1) is 0 Å². The van der Waals surface area contributed by atoms with Crippen LogP contribution in [0.3, 0.4) is 0 Å². The number of amides is 2. The van der Waals surface area contributed by atoms with Gasteiger partial charge in [-0.3, -0.25) is 14.5 Å². The van der Waals surface area contributed by atoms with Gasteiger partial charge in [-0.2, -0.15) is 5.21 Å². The summed E-state index contributed by atoms with van der Waals surface area (Å²) < 4.78 is 0. The van der Waals surface area contributed by atoms with Gasteiger partial charge in [-0.25, -0.2) is 4.98 Å². The third-order valence-electron chi connectivity index (χ3n) is 9.42. The lowest BCUT2D eigenvalue weighted by Gasteiger charge is -2.35. The molecule has 6 rings (SSSR count). The number of nitrogens with two attached hydrogens (primary N) is 2. The number of piperazine rings is 1. The Bertz CT molecular complexity index is 1620. The summed E-state index contributed by atoms with van der Waals surface area (Å²) in [6, 6.07) is 18.6. The molecule has 0 spiro atoms. The van der Waals surface area contributed by atoms with Crippen LogP contribution in [-0.2, 0) is 16.0 Å². The summed E-state index contributed by atoms with van der Waals surface area (Å²) in [5.41, 5.74) is 16.3. The second-order valence-corrected chi connectivity index (χ2v) is 12.5. The van der Waals surface area contributed by atoms with Crippen LogP contribution in [0.25, 0.3) is 22.5 Å². The maximum atomic E-state index is 14.3. The Kier molecular flexibility index (Phi) is 11.2. The number of tetrazole rings is 1.